The standard InChI is InChI=1S/C14H9F4N5OS/c1-22-6-7-25-13(22)19-12(24)10-11(14(16,17)18)23(21-20-10)9-4-2-8(15)3-5-9/h2-7H,1H3. The first-order valence-electron chi connectivity index (χ1n) is 6.75. The molecule has 1 amide bonds. The predicted octanol–water partition coefficient (Wildman–Crippen LogP) is 2.57. The molecule has 2 heterocycles. The van der Waals surface area contributed by atoms with Gasteiger partial charge in [-0.15, -0.1) is 16.4 Å². The van der Waals surface area contributed by atoms with E-state index in [0.717, 1.165) is 35.6 Å². The molecule has 0 unspecified atom stereocenters. The molecule has 2 aromatic heterocycles. The Morgan fingerprint density at radius 2 is 1.92 bits per heavy atom. The van der Waals surface area contributed by atoms with Gasteiger partial charge in [0.25, 0.3) is 0 Å². The van der Waals surface area contributed by atoms with Crippen molar-refractivity contribution in [1.82, 2.24) is 19.6 Å². The highest BCUT2D eigenvalue weighted by atomic mass is 32.1. The first-order valence-corrected chi connectivity index (χ1v) is 7.63. The summed E-state index contributed by atoms with van der Waals surface area (Å²) in [6, 6.07) is 4.16. The van der Waals surface area contributed by atoms with Crippen LogP contribution in [0.15, 0.2) is 40.8 Å². The molecule has 0 atom stereocenters. The second-order valence-corrected chi connectivity index (χ2v) is 5.76. The molecule has 6 nitrogen and oxygen atoms in total. The number of aryl methyl sites for hydroxylation is 1. The highest BCUT2D eigenvalue weighted by molar-refractivity contribution is 7.07. The molecule has 0 aliphatic rings. The minimum Gasteiger partial charge on any atom is -0.327 e. The van der Waals surface area contributed by atoms with Gasteiger partial charge in [0, 0.05) is 18.6 Å². The van der Waals surface area contributed by atoms with E-state index in [-0.39, 0.29) is 10.5 Å². The first-order chi connectivity index (χ1) is 11.8. The second-order valence-electron chi connectivity index (χ2n) is 4.89. The number of rotatable bonds is 2. The summed E-state index contributed by atoms with van der Waals surface area (Å²) in [5.74, 6) is -1.78. The molecule has 3 aromatic rings. The van der Waals surface area contributed by atoms with E-state index in [1.807, 2.05) is 0 Å². The zero-order valence-electron chi connectivity index (χ0n) is 12.5. The molecular formula is C14H9F4N5OS. The van der Waals surface area contributed by atoms with E-state index in [4.69, 9.17) is 0 Å². The monoisotopic (exact) mass is 371 g/mol. The van der Waals surface area contributed by atoms with Crippen LogP contribution in [0, 0.1) is 5.82 Å². The van der Waals surface area contributed by atoms with Crippen molar-refractivity contribution in [2.75, 3.05) is 0 Å². The Kier molecular flexibility index (Phi) is 4.25. The van der Waals surface area contributed by atoms with Crippen LogP contribution in [0.2, 0.25) is 0 Å². The number of aromatic nitrogens is 4. The minimum absolute atomic E-state index is 0.0815. The highest BCUT2D eigenvalue weighted by Gasteiger charge is 2.42. The van der Waals surface area contributed by atoms with Gasteiger partial charge in [0.1, 0.15) is 5.82 Å². The maximum Gasteiger partial charge on any atom is 0.435 e. The van der Waals surface area contributed by atoms with Gasteiger partial charge in [-0.25, -0.2) is 9.07 Å². The van der Waals surface area contributed by atoms with Gasteiger partial charge in [-0.3, -0.25) is 4.79 Å². The Balaban J connectivity index is 2.14. The molecule has 0 spiro atoms. The normalized spacial score (nSPS) is 12.6. The third-order valence-corrected chi connectivity index (χ3v) is 4.02. The van der Waals surface area contributed by atoms with Gasteiger partial charge in [-0.05, 0) is 24.3 Å². The van der Waals surface area contributed by atoms with Gasteiger partial charge in [0.2, 0.25) is 0 Å². The molecule has 0 N–H and O–H groups in total. The van der Waals surface area contributed by atoms with Gasteiger partial charge in [-0.1, -0.05) is 5.21 Å². The fourth-order valence-corrected chi connectivity index (χ4v) is 2.75. The van der Waals surface area contributed by atoms with Crippen molar-refractivity contribution in [3.8, 4) is 5.69 Å². The molecule has 0 saturated carbocycles. The molecule has 0 aliphatic carbocycles. The zero-order valence-corrected chi connectivity index (χ0v) is 13.3. The molecule has 3 rings (SSSR count). The molecular weight excluding hydrogens is 362 g/mol. The summed E-state index contributed by atoms with van der Waals surface area (Å²) in [4.78, 5) is 16.0. The topological polar surface area (TPSA) is 65.1 Å². The van der Waals surface area contributed by atoms with E-state index in [0.29, 0.717) is 4.68 Å². The van der Waals surface area contributed by atoms with Gasteiger partial charge < -0.3 is 4.57 Å². The van der Waals surface area contributed by atoms with Crippen molar-refractivity contribution in [2.45, 2.75) is 6.18 Å². The Hall–Kier alpha value is -2.82. The van der Waals surface area contributed by atoms with E-state index >= 15 is 0 Å². The summed E-state index contributed by atoms with van der Waals surface area (Å²) in [6.07, 6.45) is -3.30. The van der Waals surface area contributed by atoms with Crippen molar-refractivity contribution in [1.29, 1.82) is 0 Å². The van der Waals surface area contributed by atoms with Crippen LogP contribution in [-0.4, -0.2) is 25.5 Å². The number of hydrogen-bond donors (Lipinski definition) is 0. The Bertz CT molecular complexity index is 984. The van der Waals surface area contributed by atoms with Crippen molar-refractivity contribution in [3.05, 3.63) is 57.8 Å². The lowest BCUT2D eigenvalue weighted by Crippen LogP contribution is -2.19. The number of halogens is 4. The first kappa shape index (κ1) is 17.0. The summed E-state index contributed by atoms with van der Waals surface area (Å²) in [7, 11) is 1.60. The van der Waals surface area contributed by atoms with E-state index in [9.17, 15) is 22.4 Å². The maximum absolute atomic E-state index is 13.5. The van der Waals surface area contributed by atoms with E-state index < -0.39 is 29.3 Å². The Morgan fingerprint density at radius 1 is 1.24 bits per heavy atom. The lowest BCUT2D eigenvalue weighted by molar-refractivity contribution is -0.143. The van der Waals surface area contributed by atoms with Crippen molar-refractivity contribution >= 4 is 17.2 Å². The fourth-order valence-electron chi connectivity index (χ4n) is 2.02. The average Bonchev–Trinajstić information content (AvgIpc) is 3.15. The number of carbonyl (C=O) groups excluding carboxylic acids is 1. The Labute approximate surface area is 141 Å². The van der Waals surface area contributed by atoms with Gasteiger partial charge in [0.05, 0.1) is 5.69 Å². The van der Waals surface area contributed by atoms with Crippen LogP contribution in [0.1, 0.15) is 16.2 Å². The number of nitrogens with zero attached hydrogens (tertiary/aromatic N) is 5. The number of thiazole rings is 1. The number of hydrogen-bond acceptors (Lipinski definition) is 4. The van der Waals surface area contributed by atoms with Gasteiger partial charge in [0.15, 0.2) is 16.2 Å². The summed E-state index contributed by atoms with van der Waals surface area (Å²) < 4.78 is 55.3. The lowest BCUT2D eigenvalue weighted by atomic mass is 10.2. The van der Waals surface area contributed by atoms with E-state index in [1.54, 1.807) is 18.6 Å². The third-order valence-electron chi connectivity index (χ3n) is 3.17. The van der Waals surface area contributed by atoms with Crippen LogP contribution in [-0.2, 0) is 13.2 Å². The summed E-state index contributed by atoms with van der Waals surface area (Å²) in [6.45, 7) is 0. The molecule has 11 heteroatoms. The van der Waals surface area contributed by atoms with Crippen molar-refractivity contribution < 1.29 is 22.4 Å². The highest BCUT2D eigenvalue weighted by Crippen LogP contribution is 2.33. The second kappa shape index (κ2) is 6.24. The van der Waals surface area contributed by atoms with Gasteiger partial charge >= 0.3 is 12.1 Å². The van der Waals surface area contributed by atoms with Crippen LogP contribution in [0.5, 0.6) is 0 Å². The van der Waals surface area contributed by atoms with Crippen molar-refractivity contribution in [3.63, 3.8) is 0 Å². The minimum atomic E-state index is -4.91. The van der Waals surface area contributed by atoms with E-state index in [1.165, 1.54) is 4.57 Å². The summed E-state index contributed by atoms with van der Waals surface area (Å²) in [5.41, 5.74) is -2.38. The molecule has 130 valence electrons. The number of carbonyl (C=O) groups is 1. The van der Waals surface area contributed by atoms with Crippen LogP contribution in [0.25, 0.3) is 5.69 Å². The molecule has 25 heavy (non-hydrogen) atoms. The maximum atomic E-state index is 13.5. The smallest absolute Gasteiger partial charge is 0.327 e. The van der Waals surface area contributed by atoms with Crippen LogP contribution < -0.4 is 4.80 Å². The van der Waals surface area contributed by atoms with Crippen LogP contribution >= 0.6 is 11.3 Å². The average molecular weight is 371 g/mol. The van der Waals surface area contributed by atoms with Crippen LogP contribution in [0.3, 0.4) is 0 Å². The number of benzene rings is 1. The molecule has 0 radical (unpaired) electrons. The summed E-state index contributed by atoms with van der Waals surface area (Å²) >= 11 is 1.09. The molecule has 0 aliphatic heterocycles. The molecule has 0 saturated heterocycles. The third kappa shape index (κ3) is 3.36. The molecule has 1 aromatic carbocycles. The summed E-state index contributed by atoms with van der Waals surface area (Å²) in [5, 5.41) is 8.37. The predicted molar refractivity (Wildman–Crippen MR) is 79.5 cm³/mol. The Morgan fingerprint density at radius 3 is 2.48 bits per heavy atom. The lowest BCUT2D eigenvalue weighted by Gasteiger charge is -2.10. The van der Waals surface area contributed by atoms with E-state index in [2.05, 4.69) is 15.3 Å². The van der Waals surface area contributed by atoms with Crippen molar-refractivity contribution in [2.24, 2.45) is 12.0 Å². The van der Waals surface area contributed by atoms with Crippen LogP contribution in [0.4, 0.5) is 17.6 Å². The quantitative estimate of drug-likeness (QED) is 0.651. The largest absolute Gasteiger partial charge is 0.435 e. The molecule has 0 fully saturated rings. The molecule has 0 bridgehead atoms. The zero-order chi connectivity index (χ0) is 18.2. The van der Waals surface area contributed by atoms with Gasteiger partial charge in [-0.2, -0.15) is 18.2 Å². The fraction of sp³-hybridized carbons (Fsp3) is 0.143. The number of alkyl halides is 3. The SMILES string of the molecule is Cn1ccsc1=NC(=O)c1nnn(-c2ccc(F)cc2)c1C(F)(F)F. The number of amides is 1.